The van der Waals surface area contributed by atoms with E-state index in [1.165, 1.54) is 46.6 Å². The molecule has 4 aromatic carbocycles. The number of benzene rings is 4. The first kappa shape index (κ1) is 30.5. The van der Waals surface area contributed by atoms with E-state index in [4.69, 9.17) is 35.5 Å². The Morgan fingerprint density at radius 3 is 2.09 bits per heavy atom. The molecule has 2 N–H and O–H groups in total. The molecule has 0 spiro atoms. The highest BCUT2D eigenvalue weighted by atomic mass is 35.5. The van der Waals surface area contributed by atoms with Crippen molar-refractivity contribution in [2.24, 2.45) is 0 Å². The molecular weight excluding hydrogens is 606 g/mol. The molecule has 0 bridgehead atoms. The molecule has 0 aliphatic carbocycles. The van der Waals surface area contributed by atoms with Gasteiger partial charge in [-0.2, -0.15) is 0 Å². The Labute approximate surface area is 259 Å². The lowest BCUT2D eigenvalue weighted by molar-refractivity contribution is 0.102. The van der Waals surface area contributed by atoms with E-state index in [2.05, 4.69) is 10.0 Å². The van der Waals surface area contributed by atoms with Gasteiger partial charge in [-0.1, -0.05) is 41.9 Å². The summed E-state index contributed by atoms with van der Waals surface area (Å²) in [6.45, 7) is 0. The van der Waals surface area contributed by atoms with Crippen molar-refractivity contribution in [3.05, 3.63) is 95.5 Å². The third-order valence-corrected chi connectivity index (χ3v) is 8.46. The van der Waals surface area contributed by atoms with Gasteiger partial charge in [0.1, 0.15) is 5.75 Å². The van der Waals surface area contributed by atoms with Crippen LogP contribution in [0, 0.1) is 0 Å². The largest absolute Gasteiger partial charge is 0.495 e. The van der Waals surface area contributed by atoms with E-state index in [-0.39, 0.29) is 26.9 Å². The molecule has 1 amide bonds. The second-order valence-corrected chi connectivity index (χ2v) is 11.5. The summed E-state index contributed by atoms with van der Waals surface area (Å²) in [5.41, 5.74) is 2.31. The average molecular weight is 634 g/mol. The molecule has 1 heterocycles. The number of rotatable bonds is 10. The zero-order valence-corrected chi connectivity index (χ0v) is 25.7. The highest BCUT2D eigenvalue weighted by Gasteiger charge is 2.21. The normalized spacial score (nSPS) is 11.1. The molecule has 0 saturated carbocycles. The number of hydrogen-bond acceptors (Lipinski definition) is 8. The third-order valence-electron chi connectivity index (χ3n) is 6.77. The van der Waals surface area contributed by atoms with Crippen molar-refractivity contribution in [1.29, 1.82) is 0 Å². The van der Waals surface area contributed by atoms with Gasteiger partial charge in [0.2, 0.25) is 5.75 Å². The number of carbonyl (C=O) groups is 1. The topological polar surface area (TPSA) is 125 Å². The quantitative estimate of drug-likeness (QED) is 0.175. The second kappa shape index (κ2) is 12.7. The van der Waals surface area contributed by atoms with Gasteiger partial charge in [-0.25, -0.2) is 13.4 Å². The van der Waals surface area contributed by atoms with E-state index in [1.54, 1.807) is 60.7 Å². The van der Waals surface area contributed by atoms with Crippen LogP contribution in [0.25, 0.3) is 22.2 Å². The van der Waals surface area contributed by atoms with Crippen molar-refractivity contribution in [2.75, 3.05) is 38.5 Å². The Morgan fingerprint density at radius 1 is 0.750 bits per heavy atom. The molecule has 44 heavy (non-hydrogen) atoms. The number of pyridine rings is 1. The zero-order chi connectivity index (χ0) is 31.4. The van der Waals surface area contributed by atoms with E-state index >= 15 is 0 Å². The number of para-hydroxylation sites is 3. The molecule has 12 heteroatoms. The molecular formula is C32H28ClN3O7S. The molecule has 5 rings (SSSR count). The van der Waals surface area contributed by atoms with Gasteiger partial charge in [0.05, 0.1) is 66.5 Å². The fourth-order valence-electron chi connectivity index (χ4n) is 4.63. The van der Waals surface area contributed by atoms with Crippen LogP contribution in [0.3, 0.4) is 0 Å². The van der Waals surface area contributed by atoms with Crippen LogP contribution in [-0.4, -0.2) is 47.7 Å². The van der Waals surface area contributed by atoms with Crippen LogP contribution >= 0.6 is 11.6 Å². The van der Waals surface area contributed by atoms with Crippen LogP contribution in [0.5, 0.6) is 23.0 Å². The Hall–Kier alpha value is -5.00. The van der Waals surface area contributed by atoms with Gasteiger partial charge in [-0.15, -0.1) is 0 Å². The van der Waals surface area contributed by atoms with Gasteiger partial charge in [-0.3, -0.25) is 9.52 Å². The van der Waals surface area contributed by atoms with E-state index in [9.17, 15) is 13.2 Å². The molecule has 226 valence electrons. The second-order valence-electron chi connectivity index (χ2n) is 9.39. The summed E-state index contributed by atoms with van der Waals surface area (Å²) in [6, 6.07) is 22.9. The predicted molar refractivity (Wildman–Crippen MR) is 170 cm³/mol. The van der Waals surface area contributed by atoms with Crippen molar-refractivity contribution in [3.63, 3.8) is 0 Å². The monoisotopic (exact) mass is 633 g/mol. The number of nitrogens with zero attached hydrogens (tertiary/aromatic N) is 1. The average Bonchev–Trinajstić information content (AvgIpc) is 3.04. The first-order valence-electron chi connectivity index (χ1n) is 13.2. The maximum atomic E-state index is 13.8. The molecule has 0 atom stereocenters. The first-order valence-corrected chi connectivity index (χ1v) is 15.0. The van der Waals surface area contributed by atoms with Gasteiger partial charge in [-0.05, 0) is 54.6 Å². The summed E-state index contributed by atoms with van der Waals surface area (Å²) < 4.78 is 50.7. The molecule has 0 unspecified atom stereocenters. The number of methoxy groups -OCH3 is 4. The number of amides is 1. The van der Waals surface area contributed by atoms with Crippen molar-refractivity contribution in [2.45, 2.75) is 4.90 Å². The number of fused-ring (bicyclic) bond motifs is 1. The lowest BCUT2D eigenvalue weighted by Crippen LogP contribution is -2.16. The number of ether oxygens (including phenoxy) is 4. The summed E-state index contributed by atoms with van der Waals surface area (Å²) in [6.07, 6.45) is 0. The third kappa shape index (κ3) is 6.05. The minimum Gasteiger partial charge on any atom is -0.495 e. The zero-order valence-electron chi connectivity index (χ0n) is 24.2. The lowest BCUT2D eigenvalue weighted by atomic mass is 10.0. The molecule has 10 nitrogen and oxygen atoms in total. The van der Waals surface area contributed by atoms with Crippen LogP contribution in [0.4, 0.5) is 11.4 Å². The Morgan fingerprint density at radius 2 is 1.41 bits per heavy atom. The Kier molecular flexibility index (Phi) is 8.79. The van der Waals surface area contributed by atoms with Gasteiger partial charge in [0, 0.05) is 10.9 Å². The Balaban J connectivity index is 1.53. The van der Waals surface area contributed by atoms with Gasteiger partial charge in [0.15, 0.2) is 11.5 Å². The van der Waals surface area contributed by atoms with Gasteiger partial charge < -0.3 is 24.3 Å². The summed E-state index contributed by atoms with van der Waals surface area (Å²) in [5, 5.41) is 3.51. The van der Waals surface area contributed by atoms with Crippen LogP contribution in [0.2, 0.25) is 5.02 Å². The number of aromatic nitrogens is 1. The van der Waals surface area contributed by atoms with Gasteiger partial charge in [0.25, 0.3) is 15.9 Å². The van der Waals surface area contributed by atoms with E-state index in [0.717, 1.165) is 0 Å². The van der Waals surface area contributed by atoms with Crippen molar-refractivity contribution < 1.29 is 32.2 Å². The van der Waals surface area contributed by atoms with E-state index in [0.29, 0.717) is 45.2 Å². The first-order chi connectivity index (χ1) is 21.2. The number of nitrogens with one attached hydrogen (secondary N) is 2. The molecule has 0 saturated heterocycles. The van der Waals surface area contributed by atoms with Crippen molar-refractivity contribution in [1.82, 2.24) is 4.98 Å². The summed E-state index contributed by atoms with van der Waals surface area (Å²) in [7, 11) is 1.91. The smallest absolute Gasteiger partial charge is 0.262 e. The fraction of sp³-hybridized carbons (Fsp3) is 0.125. The number of carbonyl (C=O) groups excluding carboxylic acids is 1. The standard InChI is InChI=1S/C32H28ClN3O7S/c1-40-28-12-8-7-11-25(28)36-44(38,39)20-13-14-23(33)27(17-20)35-32(37)22-18-26(34-24-10-6-5-9-21(22)24)19-15-29(41-2)31(43-4)30(16-19)42-3/h5-18,36H,1-4H3,(H,35,37). The minimum absolute atomic E-state index is 0.106. The van der Waals surface area contributed by atoms with Crippen LogP contribution in [0.1, 0.15) is 10.4 Å². The molecule has 1 aromatic heterocycles. The Bertz CT molecular complexity index is 1960. The molecule has 0 aliphatic rings. The van der Waals surface area contributed by atoms with Crippen molar-refractivity contribution >= 4 is 49.8 Å². The maximum Gasteiger partial charge on any atom is 0.262 e. The van der Waals surface area contributed by atoms with Crippen molar-refractivity contribution in [3.8, 4) is 34.3 Å². The lowest BCUT2D eigenvalue weighted by Gasteiger charge is -2.16. The number of hydrogen-bond donors (Lipinski definition) is 2. The van der Waals surface area contributed by atoms with E-state index < -0.39 is 15.9 Å². The molecule has 5 aromatic rings. The summed E-state index contributed by atoms with van der Waals surface area (Å²) >= 11 is 6.42. The molecule has 0 aliphatic heterocycles. The van der Waals surface area contributed by atoms with Crippen LogP contribution in [0.15, 0.2) is 89.8 Å². The number of anilines is 2. The van der Waals surface area contributed by atoms with Crippen LogP contribution < -0.4 is 29.0 Å². The highest BCUT2D eigenvalue weighted by molar-refractivity contribution is 7.92. The summed E-state index contributed by atoms with van der Waals surface area (Å²) in [4.78, 5) is 18.5. The summed E-state index contributed by atoms with van der Waals surface area (Å²) in [5.74, 6) is 1.10. The predicted octanol–water partition coefficient (Wildman–Crippen LogP) is 6.64. The SMILES string of the molecule is COc1ccccc1NS(=O)(=O)c1ccc(Cl)c(NC(=O)c2cc(-c3cc(OC)c(OC)c(OC)c3)nc3ccccc23)c1. The minimum atomic E-state index is -4.07. The number of sulfonamides is 1. The molecule has 0 radical (unpaired) electrons. The van der Waals surface area contributed by atoms with Crippen LogP contribution in [-0.2, 0) is 10.0 Å². The molecule has 0 fully saturated rings. The fourth-order valence-corrected chi connectivity index (χ4v) is 5.89. The maximum absolute atomic E-state index is 13.8. The number of halogens is 1. The van der Waals surface area contributed by atoms with E-state index in [1.807, 2.05) is 6.07 Å². The highest BCUT2D eigenvalue weighted by Crippen LogP contribution is 2.41. The van der Waals surface area contributed by atoms with Gasteiger partial charge >= 0.3 is 0 Å².